The van der Waals surface area contributed by atoms with Crippen LogP contribution in [0.1, 0.15) is 28.7 Å². The normalized spacial score (nSPS) is 10.2. The number of benzene rings is 1. The minimum Gasteiger partial charge on any atom is -0.351 e. The molecule has 6 heteroatoms. The minimum atomic E-state index is -0.381. The van der Waals surface area contributed by atoms with Crippen molar-refractivity contribution >= 4 is 23.2 Å². The highest BCUT2D eigenvalue weighted by Gasteiger charge is 2.14. The third-order valence-corrected chi connectivity index (χ3v) is 2.74. The molecule has 0 spiro atoms. The molecule has 104 valence electrons. The SMILES string of the molecule is CC(=O)Nc1cccc(NC(=O)c2cc(C)no2)c1C. The molecule has 2 rings (SSSR count). The van der Waals surface area contributed by atoms with E-state index >= 15 is 0 Å². The Morgan fingerprint density at radius 2 is 1.80 bits per heavy atom. The van der Waals surface area contributed by atoms with Gasteiger partial charge in [-0.05, 0) is 31.5 Å². The zero-order valence-corrected chi connectivity index (χ0v) is 11.5. The van der Waals surface area contributed by atoms with Crippen molar-refractivity contribution in [2.24, 2.45) is 0 Å². The number of nitrogens with one attached hydrogen (secondary N) is 2. The van der Waals surface area contributed by atoms with Gasteiger partial charge < -0.3 is 15.2 Å². The Kier molecular flexibility index (Phi) is 3.84. The molecule has 0 aliphatic carbocycles. The van der Waals surface area contributed by atoms with E-state index in [-0.39, 0.29) is 17.6 Å². The maximum atomic E-state index is 12.0. The van der Waals surface area contributed by atoms with Gasteiger partial charge in [0.1, 0.15) is 0 Å². The van der Waals surface area contributed by atoms with Crippen molar-refractivity contribution < 1.29 is 14.1 Å². The van der Waals surface area contributed by atoms with Crippen LogP contribution in [0.3, 0.4) is 0 Å². The molecule has 1 aromatic carbocycles. The molecule has 20 heavy (non-hydrogen) atoms. The second-order valence-electron chi connectivity index (χ2n) is 4.45. The first-order valence-electron chi connectivity index (χ1n) is 6.09. The molecule has 0 radical (unpaired) electrons. The Labute approximate surface area is 116 Å². The summed E-state index contributed by atoms with van der Waals surface area (Å²) in [4.78, 5) is 23.1. The van der Waals surface area contributed by atoms with Crippen LogP contribution >= 0.6 is 0 Å². The lowest BCUT2D eigenvalue weighted by molar-refractivity contribution is -0.114. The number of amides is 2. The molecule has 0 fully saturated rings. The Bertz CT molecular complexity index is 661. The number of nitrogens with zero attached hydrogens (tertiary/aromatic N) is 1. The summed E-state index contributed by atoms with van der Waals surface area (Å²) in [5.41, 5.74) is 2.67. The third-order valence-electron chi connectivity index (χ3n) is 2.74. The molecule has 0 saturated heterocycles. The van der Waals surface area contributed by atoms with Gasteiger partial charge in [-0.2, -0.15) is 0 Å². The van der Waals surface area contributed by atoms with E-state index < -0.39 is 0 Å². The fourth-order valence-corrected chi connectivity index (χ4v) is 1.75. The lowest BCUT2D eigenvalue weighted by Crippen LogP contribution is -2.13. The van der Waals surface area contributed by atoms with Gasteiger partial charge >= 0.3 is 0 Å². The van der Waals surface area contributed by atoms with Gasteiger partial charge in [0.2, 0.25) is 11.7 Å². The van der Waals surface area contributed by atoms with Crippen molar-refractivity contribution in [2.75, 3.05) is 10.6 Å². The van der Waals surface area contributed by atoms with Gasteiger partial charge in [0.15, 0.2) is 0 Å². The largest absolute Gasteiger partial charge is 0.351 e. The van der Waals surface area contributed by atoms with Crippen molar-refractivity contribution in [3.05, 3.63) is 41.3 Å². The molecule has 0 unspecified atom stereocenters. The number of aromatic nitrogens is 1. The van der Waals surface area contributed by atoms with E-state index in [1.165, 1.54) is 6.92 Å². The average Bonchev–Trinajstić information content (AvgIpc) is 2.80. The molecule has 0 aliphatic rings. The van der Waals surface area contributed by atoms with Crippen molar-refractivity contribution in [3.63, 3.8) is 0 Å². The van der Waals surface area contributed by atoms with Crippen LogP contribution in [0.5, 0.6) is 0 Å². The lowest BCUT2D eigenvalue weighted by Gasteiger charge is -2.11. The topological polar surface area (TPSA) is 84.2 Å². The molecule has 0 saturated carbocycles. The standard InChI is InChI=1S/C14H15N3O3/c1-8-7-13(20-17-8)14(19)16-12-6-4-5-11(9(12)2)15-10(3)18/h4-7H,1-3H3,(H,15,18)(H,16,19). The van der Waals surface area contributed by atoms with E-state index in [4.69, 9.17) is 4.52 Å². The van der Waals surface area contributed by atoms with Crippen LogP contribution in [-0.2, 0) is 4.79 Å². The maximum Gasteiger partial charge on any atom is 0.294 e. The van der Waals surface area contributed by atoms with Crippen molar-refractivity contribution in [2.45, 2.75) is 20.8 Å². The van der Waals surface area contributed by atoms with Crippen LogP contribution in [0.4, 0.5) is 11.4 Å². The molecule has 0 bridgehead atoms. The minimum absolute atomic E-state index is 0.145. The van der Waals surface area contributed by atoms with Crippen LogP contribution in [0, 0.1) is 13.8 Å². The van der Waals surface area contributed by atoms with E-state index in [1.54, 1.807) is 31.2 Å². The summed E-state index contributed by atoms with van der Waals surface area (Å²) in [5.74, 6) is -0.400. The van der Waals surface area contributed by atoms with Crippen molar-refractivity contribution in [1.82, 2.24) is 5.16 Å². The predicted molar refractivity (Wildman–Crippen MR) is 74.7 cm³/mol. The number of carbonyl (C=O) groups is 2. The first-order chi connectivity index (χ1) is 9.47. The van der Waals surface area contributed by atoms with Gasteiger partial charge in [-0.1, -0.05) is 11.2 Å². The Morgan fingerprint density at radius 3 is 2.35 bits per heavy atom. The first-order valence-corrected chi connectivity index (χ1v) is 6.09. The van der Waals surface area contributed by atoms with Crippen LogP contribution in [0.25, 0.3) is 0 Å². The number of rotatable bonds is 3. The molecule has 0 atom stereocenters. The van der Waals surface area contributed by atoms with E-state index in [9.17, 15) is 9.59 Å². The first kappa shape index (κ1) is 13.8. The fraction of sp³-hybridized carbons (Fsp3) is 0.214. The van der Waals surface area contributed by atoms with Crippen LogP contribution in [-0.4, -0.2) is 17.0 Å². The molecular formula is C14H15N3O3. The highest BCUT2D eigenvalue weighted by molar-refractivity contribution is 6.03. The molecule has 2 N–H and O–H groups in total. The Hall–Kier alpha value is -2.63. The van der Waals surface area contributed by atoms with Crippen LogP contribution in [0.2, 0.25) is 0 Å². The van der Waals surface area contributed by atoms with E-state index in [2.05, 4.69) is 15.8 Å². The average molecular weight is 273 g/mol. The molecule has 0 aliphatic heterocycles. The molecule has 1 aromatic heterocycles. The monoisotopic (exact) mass is 273 g/mol. The Morgan fingerprint density at radius 1 is 1.15 bits per heavy atom. The van der Waals surface area contributed by atoms with Crippen molar-refractivity contribution in [3.8, 4) is 0 Å². The van der Waals surface area contributed by atoms with Gasteiger partial charge in [-0.15, -0.1) is 0 Å². The second kappa shape index (κ2) is 5.56. The van der Waals surface area contributed by atoms with Gasteiger partial charge in [0, 0.05) is 24.4 Å². The van der Waals surface area contributed by atoms with Gasteiger partial charge in [-0.3, -0.25) is 9.59 Å². The zero-order valence-electron chi connectivity index (χ0n) is 11.5. The number of hydrogen-bond donors (Lipinski definition) is 2. The smallest absolute Gasteiger partial charge is 0.294 e. The molecule has 2 aromatic rings. The number of carbonyl (C=O) groups excluding carboxylic acids is 2. The van der Waals surface area contributed by atoms with Gasteiger partial charge in [0.05, 0.1) is 5.69 Å². The highest BCUT2D eigenvalue weighted by Crippen LogP contribution is 2.23. The number of hydrogen-bond acceptors (Lipinski definition) is 4. The summed E-state index contributed by atoms with van der Waals surface area (Å²) in [7, 11) is 0. The van der Waals surface area contributed by atoms with Crippen molar-refractivity contribution in [1.29, 1.82) is 0 Å². The molecule has 1 heterocycles. The van der Waals surface area contributed by atoms with Crippen LogP contribution in [0.15, 0.2) is 28.8 Å². The van der Waals surface area contributed by atoms with Crippen LogP contribution < -0.4 is 10.6 Å². The Balaban J connectivity index is 2.21. The molecule has 6 nitrogen and oxygen atoms in total. The van der Waals surface area contributed by atoms with E-state index in [0.29, 0.717) is 17.1 Å². The van der Waals surface area contributed by atoms with E-state index in [0.717, 1.165) is 5.56 Å². The molecular weight excluding hydrogens is 258 g/mol. The third kappa shape index (κ3) is 3.03. The fourth-order valence-electron chi connectivity index (χ4n) is 1.75. The van der Waals surface area contributed by atoms with Gasteiger partial charge in [-0.25, -0.2) is 0 Å². The summed E-state index contributed by atoms with van der Waals surface area (Å²) in [5, 5.41) is 9.10. The lowest BCUT2D eigenvalue weighted by atomic mass is 10.1. The summed E-state index contributed by atoms with van der Waals surface area (Å²) < 4.78 is 4.90. The second-order valence-corrected chi connectivity index (χ2v) is 4.45. The summed E-state index contributed by atoms with van der Waals surface area (Å²) in [6.07, 6.45) is 0. The predicted octanol–water partition coefficient (Wildman–Crippen LogP) is 2.50. The number of aryl methyl sites for hydroxylation is 1. The number of anilines is 2. The maximum absolute atomic E-state index is 12.0. The van der Waals surface area contributed by atoms with Gasteiger partial charge in [0.25, 0.3) is 5.91 Å². The summed E-state index contributed by atoms with van der Waals surface area (Å²) in [6.45, 7) is 4.98. The molecule has 2 amide bonds. The van der Waals surface area contributed by atoms with E-state index in [1.807, 2.05) is 6.92 Å². The zero-order chi connectivity index (χ0) is 14.7. The summed E-state index contributed by atoms with van der Waals surface area (Å²) in [6, 6.07) is 6.83. The highest BCUT2D eigenvalue weighted by atomic mass is 16.5. The summed E-state index contributed by atoms with van der Waals surface area (Å²) >= 11 is 0. The quantitative estimate of drug-likeness (QED) is 0.899.